The number of para-hydroxylation sites is 5. The molecule has 1 aliphatic rings. The van der Waals surface area contributed by atoms with Crippen LogP contribution in [0.2, 0.25) is 0 Å². The Morgan fingerprint density at radius 2 is 0.625 bits per heavy atom. The Morgan fingerprint density at radius 1 is 0.241 bits per heavy atom. The zero-order valence-corrected chi connectivity index (χ0v) is 62.0. The lowest BCUT2D eigenvalue weighted by molar-refractivity contribution is 0.674. The van der Waals surface area contributed by atoms with E-state index < -0.39 is 0 Å². The summed E-state index contributed by atoms with van der Waals surface area (Å²) in [6, 6.07) is 135. The molecule has 8 nitrogen and oxygen atoms in total. The van der Waals surface area contributed by atoms with Gasteiger partial charge in [-0.3, -0.25) is 0 Å². The van der Waals surface area contributed by atoms with Gasteiger partial charge in [-0.1, -0.05) is 291 Å². The van der Waals surface area contributed by atoms with Crippen molar-refractivity contribution in [1.82, 2.24) is 29.4 Å². The van der Waals surface area contributed by atoms with E-state index >= 15 is 0 Å². The molecule has 16 aromatic carbocycles. The van der Waals surface area contributed by atoms with Gasteiger partial charge in [0.05, 0.1) is 33.4 Å². The highest BCUT2D eigenvalue weighted by Gasteiger charge is 2.25. The molecule has 1 unspecified atom stereocenters. The third-order valence-corrected chi connectivity index (χ3v) is 24.3. The van der Waals surface area contributed by atoms with E-state index in [1.807, 2.05) is 83.3 Å². The Kier molecular flexibility index (Phi) is 15.5. The topological polar surface area (TPSA) is 85.3 Å². The molecule has 5 aromatic heterocycles. The first-order chi connectivity index (χ1) is 55.5. The van der Waals surface area contributed by atoms with Gasteiger partial charge >= 0.3 is 0 Å². The van der Waals surface area contributed by atoms with E-state index in [0.29, 0.717) is 23.3 Å². The van der Waals surface area contributed by atoms with E-state index in [0.717, 1.165) is 100 Å². The standard InChI is InChI=1S/C102H64N8S2/c1-4-22-64(23-5-1)97-103-98(65-24-6-2-7-25-65)106-101(105-97)76-31-21-29-69(57-76)72-48-53-84-86-59-74(50-55-94(86)112-96(84)62-72)78-33-11-16-38-88(78)110-91-41-19-14-36-81(91)82-51-46-70(60-92(82)110)68-28-20-30-75(56-68)102-107-99(66-26-8-3-9-27-66)104-100(108-102)67-44-42-63(43-45-67)71-47-52-83-85-58-73(49-54-93(85)111-95(83)61-71)77-32-10-15-37-87(77)109-89-39-17-12-34-79(89)80-35-13-18-40-90(80)109/h1-62,99H,(H,104,107,108). The van der Waals surface area contributed by atoms with Crippen LogP contribution in [0.5, 0.6) is 0 Å². The Hall–Kier alpha value is -14.3. The minimum Gasteiger partial charge on any atom is -0.344 e. The molecule has 21 aromatic rings. The summed E-state index contributed by atoms with van der Waals surface area (Å²) in [7, 11) is 0. The quantitative estimate of drug-likeness (QED) is 0.125. The molecular weight excluding hydrogens is 1400 g/mol. The molecule has 1 atom stereocenters. The fourth-order valence-corrected chi connectivity index (χ4v) is 18.9. The van der Waals surface area contributed by atoms with Gasteiger partial charge in [0, 0.05) is 101 Å². The Morgan fingerprint density at radius 3 is 1.18 bits per heavy atom. The molecule has 524 valence electrons. The summed E-state index contributed by atoms with van der Waals surface area (Å²) in [6.07, 6.45) is -0.363. The largest absolute Gasteiger partial charge is 0.344 e. The highest BCUT2D eigenvalue weighted by Crippen LogP contribution is 2.45. The van der Waals surface area contributed by atoms with Crippen molar-refractivity contribution in [3.63, 3.8) is 0 Å². The molecule has 1 N–H and O–H groups in total. The summed E-state index contributed by atoms with van der Waals surface area (Å²) < 4.78 is 9.88. The molecule has 10 heteroatoms. The third kappa shape index (κ3) is 11.3. The van der Waals surface area contributed by atoms with Gasteiger partial charge in [0.1, 0.15) is 12.0 Å². The molecular formula is C102H64N8S2. The van der Waals surface area contributed by atoms with Crippen LogP contribution in [-0.2, 0) is 0 Å². The maximum Gasteiger partial charge on any atom is 0.164 e. The summed E-state index contributed by atoms with van der Waals surface area (Å²) in [4.78, 5) is 25.7. The van der Waals surface area contributed by atoms with Gasteiger partial charge in [-0.2, -0.15) is 0 Å². The molecule has 0 fully saturated rings. The molecule has 0 radical (unpaired) electrons. The number of aromatic nitrogens is 5. The number of benzene rings is 16. The van der Waals surface area contributed by atoms with Crippen LogP contribution in [0.3, 0.4) is 0 Å². The smallest absolute Gasteiger partial charge is 0.164 e. The second-order valence-electron chi connectivity index (χ2n) is 28.7. The van der Waals surface area contributed by atoms with Crippen molar-refractivity contribution in [1.29, 1.82) is 0 Å². The van der Waals surface area contributed by atoms with Gasteiger partial charge in [0.25, 0.3) is 0 Å². The first kappa shape index (κ1) is 64.8. The van der Waals surface area contributed by atoms with Crippen LogP contribution in [0, 0.1) is 0 Å². The van der Waals surface area contributed by atoms with Gasteiger partial charge < -0.3 is 14.5 Å². The van der Waals surface area contributed by atoms with Crippen molar-refractivity contribution in [2.45, 2.75) is 6.17 Å². The van der Waals surface area contributed by atoms with Gasteiger partial charge in [-0.25, -0.2) is 24.9 Å². The maximum absolute atomic E-state index is 5.37. The zero-order valence-electron chi connectivity index (χ0n) is 60.3. The SMILES string of the molecule is c1ccc(-c2nc(-c3ccccc3)nc(-c3cccc(-c4ccc5c(c4)sc4ccc(-c6ccccc6-n6c7ccccc7c7ccc(-c8cccc(C9=NC(c%10ccc(-c%11ccc%12c(c%11)sc%11ccc(-c%13ccccc%13-n%13c%14ccccc%14c%14ccccc%14%13)cc%11%12)cc%10)=NC(c%10ccccc%10)N9)c8)cc76)cc45)c3)n2)cc1. The number of rotatable bonds is 13. The van der Waals surface area contributed by atoms with E-state index in [4.69, 9.17) is 24.9 Å². The summed E-state index contributed by atoms with van der Waals surface area (Å²) in [5, 5.41) is 13.6. The van der Waals surface area contributed by atoms with Gasteiger partial charge in [0.15, 0.2) is 23.3 Å². The lowest BCUT2D eigenvalue weighted by atomic mass is 9.99. The first-order valence-corrected chi connectivity index (χ1v) is 39.4. The number of thiophene rings is 2. The predicted octanol–water partition coefficient (Wildman–Crippen LogP) is 26.6. The Bertz CT molecular complexity index is 7300. The van der Waals surface area contributed by atoms with Crippen LogP contribution in [0.25, 0.3) is 185 Å². The molecule has 0 saturated heterocycles. The van der Waals surface area contributed by atoms with E-state index in [1.54, 1.807) is 0 Å². The van der Waals surface area contributed by atoms with E-state index in [2.05, 4.69) is 330 Å². The highest BCUT2D eigenvalue weighted by atomic mass is 32.1. The Balaban J connectivity index is 0.562. The molecule has 6 heterocycles. The first-order valence-electron chi connectivity index (χ1n) is 37.8. The van der Waals surface area contributed by atoms with Gasteiger partial charge in [-0.15, -0.1) is 22.7 Å². The van der Waals surface area contributed by atoms with Crippen molar-refractivity contribution >= 4 is 118 Å². The summed E-state index contributed by atoms with van der Waals surface area (Å²) >= 11 is 3.68. The third-order valence-electron chi connectivity index (χ3n) is 22.1. The number of nitrogens with one attached hydrogen (secondary N) is 1. The number of nitrogens with zero attached hydrogens (tertiary/aromatic N) is 7. The predicted molar refractivity (Wildman–Crippen MR) is 470 cm³/mol. The molecule has 22 rings (SSSR count). The molecule has 0 aliphatic carbocycles. The molecule has 112 heavy (non-hydrogen) atoms. The van der Waals surface area contributed by atoms with E-state index in [1.165, 1.54) is 89.7 Å². The zero-order chi connectivity index (χ0) is 73.7. The van der Waals surface area contributed by atoms with Crippen molar-refractivity contribution in [3.8, 4) is 101 Å². The minimum absolute atomic E-state index is 0.363. The van der Waals surface area contributed by atoms with Crippen molar-refractivity contribution in [2.24, 2.45) is 9.98 Å². The van der Waals surface area contributed by atoms with Crippen LogP contribution in [0.1, 0.15) is 22.9 Å². The average Bonchev–Trinajstić information content (AvgIpc) is 1.59. The molecule has 0 amide bonds. The monoisotopic (exact) mass is 1460 g/mol. The lowest BCUT2D eigenvalue weighted by Gasteiger charge is -2.24. The van der Waals surface area contributed by atoms with Crippen LogP contribution < -0.4 is 5.32 Å². The van der Waals surface area contributed by atoms with Crippen molar-refractivity contribution < 1.29 is 0 Å². The Labute approximate surface area is 653 Å². The fourth-order valence-electron chi connectivity index (χ4n) is 16.6. The second kappa shape index (κ2) is 26.8. The number of fused-ring (bicyclic) bond motifs is 12. The van der Waals surface area contributed by atoms with Crippen LogP contribution in [0.4, 0.5) is 0 Å². The van der Waals surface area contributed by atoms with Crippen LogP contribution in [0.15, 0.2) is 386 Å². The minimum atomic E-state index is -0.363. The van der Waals surface area contributed by atoms with Gasteiger partial charge in [0.2, 0.25) is 0 Å². The highest BCUT2D eigenvalue weighted by molar-refractivity contribution is 7.26. The molecule has 0 bridgehead atoms. The fraction of sp³-hybridized carbons (Fsp3) is 0.00980. The number of amidine groups is 2. The normalized spacial score (nSPS) is 13.1. The summed E-state index contributed by atoms with van der Waals surface area (Å²) in [5.74, 6) is 3.35. The maximum atomic E-state index is 5.37. The molecule has 0 saturated carbocycles. The number of hydrogen-bond donors (Lipinski definition) is 1. The summed E-state index contributed by atoms with van der Waals surface area (Å²) in [5.41, 5.74) is 24.1. The second-order valence-corrected chi connectivity index (χ2v) is 30.9. The van der Waals surface area contributed by atoms with E-state index in [-0.39, 0.29) is 6.17 Å². The average molecular weight is 1470 g/mol. The van der Waals surface area contributed by atoms with E-state index in [9.17, 15) is 0 Å². The molecule has 0 spiro atoms. The summed E-state index contributed by atoms with van der Waals surface area (Å²) in [6.45, 7) is 0. The van der Waals surface area contributed by atoms with Crippen molar-refractivity contribution in [2.75, 3.05) is 0 Å². The van der Waals surface area contributed by atoms with Crippen molar-refractivity contribution in [3.05, 3.63) is 393 Å². The number of hydrogen-bond acceptors (Lipinski definition) is 8. The van der Waals surface area contributed by atoms with Gasteiger partial charge in [-0.05, 0) is 135 Å². The van der Waals surface area contributed by atoms with Crippen LogP contribution >= 0.6 is 22.7 Å². The van der Waals surface area contributed by atoms with Crippen LogP contribution in [-0.4, -0.2) is 35.8 Å². The number of aliphatic imine (C=N–C) groups is 2. The molecule has 1 aliphatic heterocycles. The lowest BCUT2D eigenvalue weighted by Crippen LogP contribution is -2.33.